The number of nitro groups is 1. The number of nitrogens with zero attached hydrogens (tertiary/aromatic N) is 2. The smallest absolute Gasteiger partial charge is 0.324 e. The van der Waals surface area contributed by atoms with Crippen molar-refractivity contribution in [2.75, 3.05) is 6.54 Å². The van der Waals surface area contributed by atoms with Crippen LogP contribution in [0.5, 0.6) is 0 Å². The Balaban J connectivity index is 2.71. The Morgan fingerprint density at radius 1 is 1.65 bits per heavy atom. The molecular weight excluding hydrogens is 244 g/mol. The lowest BCUT2D eigenvalue weighted by atomic mass is 10.2. The second-order valence-corrected chi connectivity index (χ2v) is 4.83. The lowest BCUT2D eigenvalue weighted by Gasteiger charge is -2.23. The van der Waals surface area contributed by atoms with Gasteiger partial charge in [0.2, 0.25) is 0 Å². The molecule has 0 aliphatic heterocycles. The first-order chi connectivity index (χ1) is 7.90. The molecule has 1 rings (SSSR count). The minimum atomic E-state index is -0.900. The predicted octanol–water partition coefficient (Wildman–Crippen LogP) is 1.95. The number of rotatable bonds is 6. The van der Waals surface area contributed by atoms with Crippen molar-refractivity contribution in [1.82, 2.24) is 4.90 Å². The van der Waals surface area contributed by atoms with Gasteiger partial charge in [-0.3, -0.25) is 19.8 Å². The van der Waals surface area contributed by atoms with Gasteiger partial charge in [0, 0.05) is 24.0 Å². The Bertz CT molecular complexity index is 416. The van der Waals surface area contributed by atoms with E-state index in [9.17, 15) is 14.9 Å². The summed E-state index contributed by atoms with van der Waals surface area (Å²) in [6, 6.07) is 1.56. The van der Waals surface area contributed by atoms with Crippen molar-refractivity contribution in [3.63, 3.8) is 0 Å². The summed E-state index contributed by atoms with van der Waals surface area (Å²) in [5.74, 6) is -0.900. The Hall–Kier alpha value is -1.47. The topological polar surface area (TPSA) is 83.7 Å². The van der Waals surface area contributed by atoms with Crippen LogP contribution in [0.4, 0.5) is 5.00 Å². The second-order valence-electron chi connectivity index (χ2n) is 3.94. The van der Waals surface area contributed by atoms with Crippen molar-refractivity contribution in [2.45, 2.75) is 26.4 Å². The van der Waals surface area contributed by atoms with Gasteiger partial charge < -0.3 is 5.11 Å². The molecule has 0 spiro atoms. The molecule has 1 aromatic rings. The van der Waals surface area contributed by atoms with Gasteiger partial charge in [-0.05, 0) is 19.4 Å². The second kappa shape index (κ2) is 5.74. The fourth-order valence-electron chi connectivity index (χ4n) is 1.37. The zero-order valence-corrected chi connectivity index (χ0v) is 10.4. The van der Waals surface area contributed by atoms with E-state index < -0.39 is 10.9 Å². The minimum Gasteiger partial charge on any atom is -0.480 e. The zero-order chi connectivity index (χ0) is 13.0. The van der Waals surface area contributed by atoms with Crippen LogP contribution in [0.15, 0.2) is 11.4 Å². The van der Waals surface area contributed by atoms with Gasteiger partial charge in [0.05, 0.1) is 11.5 Å². The molecular formula is C10H14N2O4S. The van der Waals surface area contributed by atoms with E-state index in [0.717, 1.165) is 16.9 Å². The number of carboxylic acids is 1. The number of thiophene rings is 1. The molecule has 7 heteroatoms. The molecule has 0 aliphatic carbocycles. The van der Waals surface area contributed by atoms with Gasteiger partial charge in [-0.25, -0.2) is 0 Å². The van der Waals surface area contributed by atoms with Gasteiger partial charge >= 0.3 is 11.0 Å². The molecule has 0 atom stereocenters. The lowest BCUT2D eigenvalue weighted by Crippen LogP contribution is -2.34. The fourth-order valence-corrected chi connectivity index (χ4v) is 2.09. The monoisotopic (exact) mass is 258 g/mol. The number of hydrogen-bond donors (Lipinski definition) is 1. The molecule has 0 aliphatic rings. The molecule has 0 unspecified atom stereocenters. The maximum atomic E-state index is 10.7. The molecule has 1 aromatic heterocycles. The summed E-state index contributed by atoms with van der Waals surface area (Å²) in [6.45, 7) is 4.13. The van der Waals surface area contributed by atoms with Gasteiger partial charge in [-0.1, -0.05) is 11.3 Å². The van der Waals surface area contributed by atoms with E-state index in [1.807, 2.05) is 13.8 Å². The van der Waals surface area contributed by atoms with E-state index in [1.165, 1.54) is 6.07 Å². The Kier molecular flexibility index (Phi) is 4.59. The highest BCUT2D eigenvalue weighted by atomic mass is 32.1. The van der Waals surface area contributed by atoms with E-state index in [-0.39, 0.29) is 17.6 Å². The van der Waals surface area contributed by atoms with Crippen LogP contribution in [-0.2, 0) is 11.3 Å². The molecule has 0 bridgehead atoms. The molecule has 0 saturated carbocycles. The molecule has 0 radical (unpaired) electrons. The van der Waals surface area contributed by atoms with Gasteiger partial charge in [-0.2, -0.15) is 0 Å². The number of carboxylic acid groups (broad SMARTS) is 1. The SMILES string of the molecule is CC(C)N(CC(=O)O)Cc1csc([N+](=O)[O-])c1. The van der Waals surface area contributed by atoms with Gasteiger partial charge in [0.15, 0.2) is 0 Å². The van der Waals surface area contributed by atoms with E-state index in [1.54, 1.807) is 10.3 Å². The molecule has 0 amide bonds. The Morgan fingerprint density at radius 2 is 2.29 bits per heavy atom. The van der Waals surface area contributed by atoms with Crippen LogP contribution in [-0.4, -0.2) is 33.5 Å². The summed E-state index contributed by atoms with van der Waals surface area (Å²) >= 11 is 1.06. The van der Waals surface area contributed by atoms with Crippen LogP contribution in [0.3, 0.4) is 0 Å². The minimum absolute atomic E-state index is 0.0681. The maximum absolute atomic E-state index is 10.7. The third kappa shape index (κ3) is 4.12. The van der Waals surface area contributed by atoms with Crippen molar-refractivity contribution in [2.24, 2.45) is 0 Å². The molecule has 0 saturated heterocycles. The van der Waals surface area contributed by atoms with Crippen LogP contribution in [0.1, 0.15) is 19.4 Å². The van der Waals surface area contributed by atoms with Crippen molar-refractivity contribution in [1.29, 1.82) is 0 Å². The summed E-state index contributed by atoms with van der Waals surface area (Å²) < 4.78 is 0. The van der Waals surface area contributed by atoms with E-state index in [2.05, 4.69) is 0 Å². The first-order valence-electron chi connectivity index (χ1n) is 5.07. The van der Waals surface area contributed by atoms with Crippen LogP contribution in [0.2, 0.25) is 0 Å². The summed E-state index contributed by atoms with van der Waals surface area (Å²) in [6.07, 6.45) is 0. The Morgan fingerprint density at radius 3 is 2.71 bits per heavy atom. The fraction of sp³-hybridized carbons (Fsp3) is 0.500. The summed E-state index contributed by atoms with van der Waals surface area (Å²) in [5, 5.41) is 21.0. The van der Waals surface area contributed by atoms with Crippen molar-refractivity contribution >= 4 is 22.3 Å². The van der Waals surface area contributed by atoms with Crippen LogP contribution in [0, 0.1) is 10.1 Å². The van der Waals surface area contributed by atoms with Gasteiger partial charge in [-0.15, -0.1) is 0 Å². The van der Waals surface area contributed by atoms with Crippen LogP contribution < -0.4 is 0 Å². The number of carbonyl (C=O) groups is 1. The molecule has 0 aromatic carbocycles. The molecule has 94 valence electrons. The van der Waals surface area contributed by atoms with Crippen LogP contribution >= 0.6 is 11.3 Å². The molecule has 17 heavy (non-hydrogen) atoms. The largest absolute Gasteiger partial charge is 0.480 e. The molecule has 6 nitrogen and oxygen atoms in total. The lowest BCUT2D eigenvalue weighted by molar-refractivity contribution is -0.380. The average Bonchev–Trinajstić information content (AvgIpc) is 2.64. The highest BCUT2D eigenvalue weighted by molar-refractivity contribution is 7.13. The van der Waals surface area contributed by atoms with Crippen molar-refractivity contribution < 1.29 is 14.8 Å². The van der Waals surface area contributed by atoms with Gasteiger partial charge in [0.1, 0.15) is 0 Å². The standard InChI is InChI=1S/C10H14N2O4S/c1-7(2)11(5-10(13)14)4-8-3-9(12(15)16)17-6-8/h3,6-7H,4-5H2,1-2H3,(H,13,14). The highest BCUT2D eigenvalue weighted by Gasteiger charge is 2.16. The van der Waals surface area contributed by atoms with E-state index in [0.29, 0.717) is 6.54 Å². The van der Waals surface area contributed by atoms with Crippen LogP contribution in [0.25, 0.3) is 0 Å². The first-order valence-corrected chi connectivity index (χ1v) is 5.95. The average molecular weight is 258 g/mol. The number of aliphatic carboxylic acids is 1. The van der Waals surface area contributed by atoms with Crippen molar-refractivity contribution in [3.8, 4) is 0 Å². The maximum Gasteiger partial charge on any atom is 0.324 e. The van der Waals surface area contributed by atoms with E-state index >= 15 is 0 Å². The third-order valence-corrected chi connectivity index (χ3v) is 3.20. The van der Waals surface area contributed by atoms with Crippen molar-refractivity contribution in [3.05, 3.63) is 27.1 Å². The predicted molar refractivity (Wildman–Crippen MR) is 64.2 cm³/mol. The van der Waals surface area contributed by atoms with E-state index in [4.69, 9.17) is 5.11 Å². The molecule has 1 N–H and O–H groups in total. The summed E-state index contributed by atoms with van der Waals surface area (Å²) in [5.41, 5.74) is 0.775. The zero-order valence-electron chi connectivity index (χ0n) is 9.62. The molecule has 0 fully saturated rings. The summed E-state index contributed by atoms with van der Waals surface area (Å²) in [4.78, 5) is 22.5. The molecule has 1 heterocycles. The third-order valence-electron chi connectivity index (χ3n) is 2.27. The summed E-state index contributed by atoms with van der Waals surface area (Å²) in [7, 11) is 0. The van der Waals surface area contributed by atoms with Gasteiger partial charge in [0.25, 0.3) is 0 Å². The first kappa shape index (κ1) is 13.6. The quantitative estimate of drug-likeness (QED) is 0.622. The Labute approximate surface area is 103 Å². The number of hydrogen-bond acceptors (Lipinski definition) is 5. The normalized spacial score (nSPS) is 11.1. The highest BCUT2D eigenvalue weighted by Crippen LogP contribution is 2.23.